The monoisotopic (exact) mass is 235 g/mol. The van der Waals surface area contributed by atoms with Gasteiger partial charge in [0.1, 0.15) is 11.3 Å². The summed E-state index contributed by atoms with van der Waals surface area (Å²) in [5.41, 5.74) is 2.20. The molecule has 0 amide bonds. The zero-order chi connectivity index (χ0) is 11.3. The molecule has 1 nitrogen and oxygen atoms in total. The predicted molar refractivity (Wildman–Crippen MR) is 63.4 cm³/mol. The maximum Gasteiger partial charge on any atom is 0.149 e. The number of aryl methyl sites for hydroxylation is 1. The minimum absolute atomic E-state index is 0.278. The average molecular weight is 236 g/mol. The maximum absolute atomic E-state index is 13.8. The van der Waals surface area contributed by atoms with Crippen LogP contribution >= 0.6 is 11.6 Å². The molecule has 1 heterocycles. The first-order chi connectivity index (χ1) is 7.65. The van der Waals surface area contributed by atoms with Crippen LogP contribution in [0, 0.1) is 12.7 Å². The highest BCUT2D eigenvalue weighted by molar-refractivity contribution is 6.35. The summed E-state index contributed by atoms with van der Waals surface area (Å²) < 4.78 is 13.8. The summed E-state index contributed by atoms with van der Waals surface area (Å²) in [4.78, 5) is 4.38. The van der Waals surface area contributed by atoms with Crippen LogP contribution < -0.4 is 0 Å². The first kappa shape index (κ1) is 10.0. The summed E-state index contributed by atoms with van der Waals surface area (Å²) in [6.45, 7) is 1.85. The third-order valence-corrected chi connectivity index (χ3v) is 3.29. The Hall–Kier alpha value is -1.15. The average Bonchev–Trinajstić information content (AvgIpc) is 3.02. The summed E-state index contributed by atoms with van der Waals surface area (Å²) in [5, 5.41) is 1.32. The lowest BCUT2D eigenvalue weighted by Gasteiger charge is -2.06. The summed E-state index contributed by atoms with van der Waals surface area (Å²) in [5.74, 6) is 0.210. The Kier molecular flexibility index (Phi) is 2.15. The molecule has 0 radical (unpaired) electrons. The van der Waals surface area contributed by atoms with E-state index in [-0.39, 0.29) is 5.82 Å². The third kappa shape index (κ3) is 1.57. The van der Waals surface area contributed by atoms with Crippen molar-refractivity contribution in [2.24, 2.45) is 0 Å². The molecule has 1 saturated carbocycles. The minimum Gasteiger partial charge on any atom is -0.249 e. The number of rotatable bonds is 1. The highest BCUT2D eigenvalue weighted by atomic mass is 35.5. The van der Waals surface area contributed by atoms with Gasteiger partial charge in [0.05, 0.1) is 5.02 Å². The number of fused-ring (bicyclic) bond motifs is 1. The van der Waals surface area contributed by atoms with E-state index in [4.69, 9.17) is 11.6 Å². The third-order valence-electron chi connectivity index (χ3n) is 2.98. The molecule has 2 aromatic rings. The van der Waals surface area contributed by atoms with Gasteiger partial charge in [0, 0.05) is 17.0 Å². The number of hydrogen-bond donors (Lipinski definition) is 0. The van der Waals surface area contributed by atoms with Crippen molar-refractivity contribution in [3.05, 3.63) is 40.3 Å². The fourth-order valence-electron chi connectivity index (χ4n) is 1.99. The number of nitrogens with zero attached hydrogens (tertiary/aromatic N) is 1. The van der Waals surface area contributed by atoms with Crippen molar-refractivity contribution >= 4 is 22.5 Å². The van der Waals surface area contributed by atoms with Crippen molar-refractivity contribution in [1.82, 2.24) is 4.98 Å². The summed E-state index contributed by atoms with van der Waals surface area (Å²) in [7, 11) is 0. The first-order valence-electron chi connectivity index (χ1n) is 5.41. The molecule has 0 atom stereocenters. The molecule has 1 aliphatic carbocycles. The Labute approximate surface area is 98.3 Å². The van der Waals surface area contributed by atoms with Gasteiger partial charge in [-0.05, 0) is 43.5 Å². The van der Waals surface area contributed by atoms with Crippen molar-refractivity contribution < 1.29 is 4.39 Å². The molecule has 1 aliphatic rings. The van der Waals surface area contributed by atoms with Gasteiger partial charge in [0.2, 0.25) is 0 Å². The van der Waals surface area contributed by atoms with Crippen LogP contribution in [0.4, 0.5) is 4.39 Å². The van der Waals surface area contributed by atoms with E-state index in [1.54, 1.807) is 0 Å². The summed E-state index contributed by atoms with van der Waals surface area (Å²) >= 11 is 6.17. The maximum atomic E-state index is 13.8. The molecule has 0 bridgehead atoms. The van der Waals surface area contributed by atoms with Crippen LogP contribution in [0.15, 0.2) is 18.2 Å². The lowest BCUT2D eigenvalue weighted by molar-refractivity contribution is 0.635. The van der Waals surface area contributed by atoms with E-state index in [9.17, 15) is 4.39 Å². The second kappa shape index (κ2) is 3.42. The van der Waals surface area contributed by atoms with E-state index in [0.29, 0.717) is 21.8 Å². The molecule has 1 fully saturated rings. The van der Waals surface area contributed by atoms with E-state index in [1.165, 1.54) is 6.07 Å². The highest BCUT2D eigenvalue weighted by Crippen LogP contribution is 2.41. The predicted octanol–water partition coefficient (Wildman–Crippen LogP) is 4.21. The minimum atomic E-state index is -0.278. The molecule has 0 saturated heterocycles. The van der Waals surface area contributed by atoms with Gasteiger partial charge in [-0.2, -0.15) is 0 Å². The zero-order valence-corrected chi connectivity index (χ0v) is 9.68. The highest BCUT2D eigenvalue weighted by Gasteiger charge is 2.26. The number of benzene rings is 1. The fraction of sp³-hybridized carbons (Fsp3) is 0.308. The van der Waals surface area contributed by atoms with Gasteiger partial charge in [-0.25, -0.2) is 9.37 Å². The Balaban J connectivity index is 2.32. The second-order valence-electron chi connectivity index (χ2n) is 4.45. The van der Waals surface area contributed by atoms with Crippen LogP contribution in [0.3, 0.4) is 0 Å². The van der Waals surface area contributed by atoms with E-state index in [2.05, 4.69) is 4.98 Å². The van der Waals surface area contributed by atoms with E-state index in [1.807, 2.05) is 19.1 Å². The number of halogens is 2. The van der Waals surface area contributed by atoms with Crippen LogP contribution in [0.25, 0.3) is 10.9 Å². The Morgan fingerprint density at radius 1 is 1.31 bits per heavy atom. The largest absolute Gasteiger partial charge is 0.249 e. The summed E-state index contributed by atoms with van der Waals surface area (Å²) in [6.07, 6.45) is 2.28. The first-order valence-corrected chi connectivity index (χ1v) is 5.79. The molecule has 0 aliphatic heterocycles. The molecule has 16 heavy (non-hydrogen) atoms. The molecule has 1 aromatic heterocycles. The van der Waals surface area contributed by atoms with Crippen LogP contribution in [-0.4, -0.2) is 4.98 Å². The molecule has 3 rings (SSSR count). The molecular weight excluding hydrogens is 225 g/mol. The van der Waals surface area contributed by atoms with Crippen LogP contribution in [0.2, 0.25) is 5.02 Å². The van der Waals surface area contributed by atoms with Crippen LogP contribution in [-0.2, 0) is 0 Å². The molecule has 3 heteroatoms. The normalized spacial score (nSPS) is 15.7. The van der Waals surface area contributed by atoms with Gasteiger partial charge in [-0.3, -0.25) is 0 Å². The molecule has 0 N–H and O–H groups in total. The van der Waals surface area contributed by atoms with Gasteiger partial charge >= 0.3 is 0 Å². The number of aromatic nitrogens is 1. The van der Waals surface area contributed by atoms with Crippen molar-refractivity contribution in [2.75, 3.05) is 0 Å². The van der Waals surface area contributed by atoms with Crippen molar-refractivity contribution in [3.8, 4) is 0 Å². The molecular formula is C13H11ClFN. The summed E-state index contributed by atoms with van der Waals surface area (Å²) in [6, 6.07) is 5.26. The Morgan fingerprint density at radius 3 is 2.75 bits per heavy atom. The van der Waals surface area contributed by atoms with E-state index >= 15 is 0 Å². The van der Waals surface area contributed by atoms with Gasteiger partial charge in [-0.1, -0.05) is 11.6 Å². The Bertz CT molecular complexity index is 576. The van der Waals surface area contributed by atoms with Crippen molar-refractivity contribution in [2.45, 2.75) is 25.7 Å². The van der Waals surface area contributed by atoms with E-state index in [0.717, 1.165) is 24.1 Å². The SMILES string of the molecule is Cc1cc(F)c2nc(C3CC3)cc(Cl)c2c1. The van der Waals surface area contributed by atoms with Crippen molar-refractivity contribution in [1.29, 1.82) is 0 Å². The lowest BCUT2D eigenvalue weighted by Crippen LogP contribution is -1.92. The van der Waals surface area contributed by atoms with Crippen LogP contribution in [0.5, 0.6) is 0 Å². The van der Waals surface area contributed by atoms with Gasteiger partial charge in [0.25, 0.3) is 0 Å². The van der Waals surface area contributed by atoms with E-state index < -0.39 is 0 Å². The second-order valence-corrected chi connectivity index (χ2v) is 4.85. The number of pyridine rings is 1. The lowest BCUT2D eigenvalue weighted by atomic mass is 10.1. The molecule has 1 aromatic carbocycles. The van der Waals surface area contributed by atoms with Gasteiger partial charge in [-0.15, -0.1) is 0 Å². The molecule has 82 valence electrons. The van der Waals surface area contributed by atoms with Gasteiger partial charge in [0.15, 0.2) is 0 Å². The number of hydrogen-bond acceptors (Lipinski definition) is 1. The molecule has 0 spiro atoms. The fourth-order valence-corrected chi connectivity index (χ4v) is 2.24. The van der Waals surface area contributed by atoms with Crippen molar-refractivity contribution in [3.63, 3.8) is 0 Å². The quantitative estimate of drug-likeness (QED) is 0.722. The van der Waals surface area contributed by atoms with Crippen LogP contribution in [0.1, 0.15) is 30.0 Å². The topological polar surface area (TPSA) is 12.9 Å². The smallest absolute Gasteiger partial charge is 0.149 e. The zero-order valence-electron chi connectivity index (χ0n) is 8.93. The Morgan fingerprint density at radius 2 is 2.06 bits per heavy atom. The molecule has 0 unspecified atom stereocenters. The van der Waals surface area contributed by atoms with Gasteiger partial charge < -0.3 is 0 Å². The standard InChI is InChI=1S/C13H11ClFN/c1-7-4-9-10(14)6-12(8-2-3-8)16-13(9)11(15)5-7/h4-6,8H,2-3H2,1H3.